The van der Waals surface area contributed by atoms with Gasteiger partial charge in [-0.05, 0) is 6.92 Å². The van der Waals surface area contributed by atoms with Gasteiger partial charge in [-0.1, -0.05) is 0 Å². The van der Waals surface area contributed by atoms with Gasteiger partial charge in [0.15, 0.2) is 16.5 Å². The largest absolute Gasteiger partial charge is 0.388 e. The zero-order valence-corrected chi connectivity index (χ0v) is 6.69. The molecule has 0 aromatic heterocycles. The number of aliphatic hydroxyl groups excluding tert-OH is 2. The standard InChI is InChI=1S/C5H10O5S/c1-2-3(6)4(7)5(10-2)11(8)9/h2-7H,1H3,(H,8,9)/t2-,3-,4-,5?/m1/s1. The number of hydrogen-bond donors (Lipinski definition) is 3. The zero-order valence-electron chi connectivity index (χ0n) is 5.88. The van der Waals surface area contributed by atoms with Crippen molar-refractivity contribution in [3.8, 4) is 0 Å². The Morgan fingerprint density at radius 1 is 1.36 bits per heavy atom. The Hall–Kier alpha value is -0.0100. The average molecular weight is 182 g/mol. The van der Waals surface area contributed by atoms with Crippen molar-refractivity contribution in [3.63, 3.8) is 0 Å². The van der Waals surface area contributed by atoms with E-state index in [9.17, 15) is 4.21 Å². The number of ether oxygens (including phenoxy) is 1. The molecule has 0 radical (unpaired) electrons. The Morgan fingerprint density at radius 3 is 2.09 bits per heavy atom. The van der Waals surface area contributed by atoms with E-state index in [1.165, 1.54) is 6.92 Å². The Balaban J connectivity index is 2.67. The topological polar surface area (TPSA) is 87.0 Å². The van der Waals surface area contributed by atoms with E-state index in [1.54, 1.807) is 0 Å². The summed E-state index contributed by atoms with van der Waals surface area (Å²) in [5.74, 6) is 0. The third kappa shape index (κ3) is 1.60. The quantitative estimate of drug-likeness (QED) is 0.437. The maximum Gasteiger partial charge on any atom is 0.186 e. The molecule has 0 aromatic carbocycles. The summed E-state index contributed by atoms with van der Waals surface area (Å²) in [4.78, 5) is 0. The second kappa shape index (κ2) is 3.16. The van der Waals surface area contributed by atoms with Crippen LogP contribution in [-0.4, -0.2) is 42.7 Å². The Morgan fingerprint density at radius 2 is 1.91 bits per heavy atom. The summed E-state index contributed by atoms with van der Waals surface area (Å²) in [5, 5.41) is 18.1. The Bertz CT molecular complexity index is 172. The van der Waals surface area contributed by atoms with Gasteiger partial charge in [0.2, 0.25) is 0 Å². The molecule has 0 saturated carbocycles. The fourth-order valence-corrected chi connectivity index (χ4v) is 1.65. The van der Waals surface area contributed by atoms with E-state index in [0.29, 0.717) is 0 Å². The minimum absolute atomic E-state index is 0.592. The molecule has 3 N–H and O–H groups in total. The van der Waals surface area contributed by atoms with Gasteiger partial charge in [0.05, 0.1) is 6.10 Å². The fraction of sp³-hybridized carbons (Fsp3) is 1.00. The first-order valence-electron chi connectivity index (χ1n) is 3.15. The maximum absolute atomic E-state index is 10.4. The number of rotatable bonds is 1. The highest BCUT2D eigenvalue weighted by Crippen LogP contribution is 2.22. The van der Waals surface area contributed by atoms with Crippen molar-refractivity contribution in [2.24, 2.45) is 0 Å². The van der Waals surface area contributed by atoms with Crippen molar-refractivity contribution in [2.75, 3.05) is 0 Å². The van der Waals surface area contributed by atoms with E-state index in [2.05, 4.69) is 0 Å². The van der Waals surface area contributed by atoms with Gasteiger partial charge < -0.3 is 19.5 Å². The van der Waals surface area contributed by atoms with Gasteiger partial charge in [-0.25, -0.2) is 4.21 Å². The van der Waals surface area contributed by atoms with E-state index >= 15 is 0 Å². The summed E-state index contributed by atoms with van der Waals surface area (Å²) >= 11 is -2.24. The van der Waals surface area contributed by atoms with E-state index in [-0.39, 0.29) is 0 Å². The predicted molar refractivity (Wildman–Crippen MR) is 37.1 cm³/mol. The number of hydrogen-bond acceptors (Lipinski definition) is 4. The van der Waals surface area contributed by atoms with Gasteiger partial charge in [0.25, 0.3) is 0 Å². The molecule has 0 aromatic rings. The fourth-order valence-electron chi connectivity index (χ4n) is 0.978. The van der Waals surface area contributed by atoms with Crippen LogP contribution in [-0.2, 0) is 15.8 Å². The molecule has 1 rings (SSSR count). The minimum Gasteiger partial charge on any atom is -0.388 e. The summed E-state index contributed by atoms with van der Waals surface area (Å²) in [6.07, 6.45) is -2.93. The second-order valence-corrected chi connectivity index (χ2v) is 3.48. The highest BCUT2D eigenvalue weighted by atomic mass is 32.2. The monoisotopic (exact) mass is 182 g/mol. The van der Waals surface area contributed by atoms with Gasteiger partial charge in [-0.15, -0.1) is 0 Å². The van der Waals surface area contributed by atoms with Crippen LogP contribution in [0.2, 0.25) is 0 Å². The van der Waals surface area contributed by atoms with Crippen LogP contribution >= 0.6 is 0 Å². The van der Waals surface area contributed by atoms with E-state index in [0.717, 1.165) is 0 Å². The summed E-state index contributed by atoms with van der Waals surface area (Å²) in [5.41, 5.74) is -1.18. The van der Waals surface area contributed by atoms with E-state index in [1.807, 2.05) is 0 Å². The van der Waals surface area contributed by atoms with Crippen molar-refractivity contribution >= 4 is 11.1 Å². The first-order valence-corrected chi connectivity index (χ1v) is 4.32. The molecule has 2 unspecified atom stereocenters. The van der Waals surface area contributed by atoms with Gasteiger partial charge >= 0.3 is 0 Å². The lowest BCUT2D eigenvalue weighted by Crippen LogP contribution is -2.33. The lowest BCUT2D eigenvalue weighted by Gasteiger charge is -2.09. The molecule has 1 aliphatic heterocycles. The predicted octanol–water partition coefficient (Wildman–Crippen LogP) is -1.33. The molecule has 66 valence electrons. The van der Waals surface area contributed by atoms with Crippen molar-refractivity contribution in [2.45, 2.75) is 30.7 Å². The van der Waals surface area contributed by atoms with Gasteiger partial charge in [-0.3, -0.25) is 0 Å². The van der Waals surface area contributed by atoms with Crippen LogP contribution in [0.15, 0.2) is 0 Å². The van der Waals surface area contributed by atoms with E-state index in [4.69, 9.17) is 19.5 Å². The molecule has 0 aliphatic carbocycles. The highest BCUT2D eigenvalue weighted by Gasteiger charge is 2.43. The zero-order chi connectivity index (χ0) is 8.59. The van der Waals surface area contributed by atoms with Crippen molar-refractivity contribution < 1.29 is 23.7 Å². The molecular formula is C5H10O5S. The van der Waals surface area contributed by atoms with Gasteiger partial charge in [-0.2, -0.15) is 0 Å². The molecule has 0 amide bonds. The van der Waals surface area contributed by atoms with Crippen LogP contribution in [0.5, 0.6) is 0 Å². The second-order valence-electron chi connectivity index (χ2n) is 2.47. The van der Waals surface area contributed by atoms with Crippen LogP contribution in [0, 0.1) is 0 Å². The molecule has 1 saturated heterocycles. The molecular weight excluding hydrogens is 172 g/mol. The van der Waals surface area contributed by atoms with Crippen molar-refractivity contribution in [1.82, 2.24) is 0 Å². The van der Waals surface area contributed by atoms with Crippen LogP contribution in [0.1, 0.15) is 6.92 Å². The molecule has 5 atom stereocenters. The molecule has 6 heteroatoms. The summed E-state index contributed by atoms with van der Waals surface area (Å²) in [6, 6.07) is 0. The smallest absolute Gasteiger partial charge is 0.186 e. The molecule has 1 heterocycles. The normalized spacial score (nSPS) is 47.6. The van der Waals surface area contributed by atoms with Crippen molar-refractivity contribution in [1.29, 1.82) is 0 Å². The van der Waals surface area contributed by atoms with Crippen LogP contribution in [0.4, 0.5) is 0 Å². The molecule has 5 nitrogen and oxygen atoms in total. The molecule has 0 bridgehead atoms. The summed E-state index contributed by atoms with van der Waals surface area (Å²) < 4.78 is 23.7. The summed E-state index contributed by atoms with van der Waals surface area (Å²) in [7, 11) is 0. The van der Waals surface area contributed by atoms with Gasteiger partial charge in [0.1, 0.15) is 12.2 Å². The van der Waals surface area contributed by atoms with Crippen LogP contribution < -0.4 is 0 Å². The Labute approximate surface area is 66.3 Å². The van der Waals surface area contributed by atoms with Gasteiger partial charge in [0, 0.05) is 0 Å². The third-order valence-corrected chi connectivity index (χ3v) is 2.44. The Kier molecular flexibility index (Phi) is 2.61. The molecule has 0 spiro atoms. The van der Waals surface area contributed by atoms with Crippen LogP contribution in [0.3, 0.4) is 0 Å². The lowest BCUT2D eigenvalue weighted by molar-refractivity contribution is 0.0317. The molecule has 1 fully saturated rings. The summed E-state index contributed by atoms with van der Waals surface area (Å²) in [6.45, 7) is 1.53. The SMILES string of the molecule is C[C@H]1OC(S(=O)O)[C@H](O)[C@@H]1O. The van der Waals surface area contributed by atoms with Crippen molar-refractivity contribution in [3.05, 3.63) is 0 Å². The minimum atomic E-state index is -2.24. The lowest BCUT2D eigenvalue weighted by atomic mass is 10.2. The number of aliphatic hydroxyl groups is 2. The average Bonchev–Trinajstić information content (AvgIpc) is 2.17. The molecule has 1 aliphatic rings. The highest BCUT2D eigenvalue weighted by molar-refractivity contribution is 7.79. The van der Waals surface area contributed by atoms with E-state index < -0.39 is 34.8 Å². The first-order chi connectivity index (χ1) is 5.04. The molecule has 11 heavy (non-hydrogen) atoms. The third-order valence-electron chi connectivity index (χ3n) is 1.66. The first kappa shape index (κ1) is 9.08. The van der Waals surface area contributed by atoms with Crippen LogP contribution in [0.25, 0.3) is 0 Å². The maximum atomic E-state index is 10.4.